The van der Waals surface area contributed by atoms with Crippen molar-refractivity contribution in [2.45, 2.75) is 0 Å². The van der Waals surface area contributed by atoms with Crippen molar-refractivity contribution >= 4 is 35.2 Å². The van der Waals surface area contributed by atoms with Gasteiger partial charge < -0.3 is 10.1 Å². The summed E-state index contributed by atoms with van der Waals surface area (Å²) in [6, 6.07) is 11.8. The van der Waals surface area contributed by atoms with E-state index in [4.69, 9.17) is 5.21 Å². The predicted octanol–water partition coefficient (Wildman–Crippen LogP) is 2.06. The van der Waals surface area contributed by atoms with Gasteiger partial charge in [0, 0.05) is 35.4 Å². The summed E-state index contributed by atoms with van der Waals surface area (Å²) in [5.41, 5.74) is 1.98. The summed E-state index contributed by atoms with van der Waals surface area (Å²) in [5.74, 6) is -0.594. The summed E-state index contributed by atoms with van der Waals surface area (Å²) in [4.78, 5) is 37.0. The third-order valence-corrected chi connectivity index (χ3v) is 4.74. The Labute approximate surface area is 177 Å². The van der Waals surface area contributed by atoms with Gasteiger partial charge in [-0.1, -0.05) is 6.58 Å². The number of piperidine rings is 1. The summed E-state index contributed by atoms with van der Waals surface area (Å²) in [5, 5.41) is 29.8. The highest BCUT2D eigenvalue weighted by molar-refractivity contribution is 6.15. The Kier molecular flexibility index (Phi) is 6.51. The molecule has 3 rings (SSSR count). The lowest BCUT2D eigenvalue weighted by Gasteiger charge is -2.29. The van der Waals surface area contributed by atoms with Crippen LogP contribution < -0.4 is 5.23 Å². The quantitative estimate of drug-likeness (QED) is 0.432. The fourth-order valence-corrected chi connectivity index (χ4v) is 3.14. The molecular formula is C22H19N3O6. The van der Waals surface area contributed by atoms with Crippen LogP contribution in [0.5, 0.6) is 0 Å². The normalized spacial score (nSPS) is 17.6. The molecule has 0 aliphatic carbocycles. The average Bonchev–Trinajstić information content (AvgIpc) is 2.76. The minimum atomic E-state index is -1.05. The van der Waals surface area contributed by atoms with Gasteiger partial charge in [0.25, 0.3) is 5.69 Å². The molecule has 2 N–H and O–H groups in total. The zero-order chi connectivity index (χ0) is 22.5. The standard InChI is InChI=1S/C22H19N3O6/c1-2-21(26)23-13-17(11-15-3-7-19(8-4-15)24(28)29)22(27)18(14-23)12-16-5-9-20(10-6-16)25(30)31/h2-12,24,28H,1,13-14H2/b17-11+,18-12+. The van der Waals surface area contributed by atoms with Gasteiger partial charge in [-0.05, 0) is 53.6 Å². The van der Waals surface area contributed by atoms with Gasteiger partial charge in [-0.15, -0.1) is 0 Å². The number of nitrogens with one attached hydrogen (secondary N) is 1. The summed E-state index contributed by atoms with van der Waals surface area (Å²) in [6.45, 7) is 3.66. The molecule has 1 amide bonds. The predicted molar refractivity (Wildman–Crippen MR) is 113 cm³/mol. The Morgan fingerprint density at radius 1 is 1.03 bits per heavy atom. The van der Waals surface area contributed by atoms with Crippen LogP contribution in [-0.2, 0) is 9.59 Å². The number of benzene rings is 2. The number of ketones is 1. The first-order chi connectivity index (χ1) is 14.8. The molecule has 0 radical (unpaired) electrons. The van der Waals surface area contributed by atoms with E-state index in [1.807, 2.05) is 0 Å². The number of nitro groups is 1. The largest absolute Gasteiger partial charge is 0.595 e. The summed E-state index contributed by atoms with van der Waals surface area (Å²) >= 11 is 0. The van der Waals surface area contributed by atoms with Crippen molar-refractivity contribution in [3.05, 3.63) is 98.8 Å². The first-order valence-corrected chi connectivity index (χ1v) is 9.23. The van der Waals surface area contributed by atoms with Crippen LogP contribution in [0.4, 0.5) is 11.4 Å². The van der Waals surface area contributed by atoms with Crippen LogP contribution in [0.1, 0.15) is 11.1 Å². The highest BCUT2D eigenvalue weighted by Gasteiger charge is 2.28. The molecule has 0 saturated carbocycles. The summed E-state index contributed by atoms with van der Waals surface area (Å²) in [7, 11) is 0. The molecule has 1 atom stereocenters. The lowest BCUT2D eigenvalue weighted by atomic mass is 9.94. The number of quaternary nitrogens is 1. The summed E-state index contributed by atoms with van der Waals surface area (Å²) in [6.07, 6.45) is 4.37. The molecule has 0 aromatic heterocycles. The molecule has 2 aromatic rings. The number of nitrogens with zero attached hydrogens (tertiary/aromatic N) is 2. The zero-order valence-electron chi connectivity index (χ0n) is 16.4. The number of carbonyl (C=O) groups excluding carboxylic acids is 2. The van der Waals surface area contributed by atoms with Gasteiger partial charge in [0.2, 0.25) is 5.91 Å². The molecule has 0 bridgehead atoms. The first kappa shape index (κ1) is 21.8. The second-order valence-corrected chi connectivity index (χ2v) is 6.84. The Hall–Kier alpha value is -3.92. The number of amides is 1. The van der Waals surface area contributed by atoms with Gasteiger partial charge in [0.1, 0.15) is 0 Å². The van der Waals surface area contributed by atoms with Gasteiger partial charge in [-0.2, -0.15) is 5.23 Å². The van der Waals surface area contributed by atoms with Gasteiger partial charge in [0.15, 0.2) is 11.5 Å². The van der Waals surface area contributed by atoms with Gasteiger partial charge in [0.05, 0.1) is 18.0 Å². The number of nitro benzene ring substituents is 1. The van der Waals surface area contributed by atoms with E-state index < -0.39 is 10.1 Å². The molecule has 1 unspecified atom stereocenters. The van der Waals surface area contributed by atoms with Crippen LogP contribution >= 0.6 is 0 Å². The fraction of sp³-hybridized carbons (Fsp3) is 0.0909. The van der Waals surface area contributed by atoms with Gasteiger partial charge in [-0.25, -0.2) is 5.21 Å². The minimum Gasteiger partial charge on any atom is -0.595 e. The first-order valence-electron chi connectivity index (χ1n) is 9.23. The van der Waals surface area contributed by atoms with Crippen LogP contribution in [0, 0.1) is 15.3 Å². The number of non-ortho nitro benzene ring substituents is 1. The van der Waals surface area contributed by atoms with E-state index in [0.717, 1.165) is 0 Å². The Bertz CT molecular complexity index is 1090. The van der Waals surface area contributed by atoms with Crippen LogP contribution in [0.25, 0.3) is 12.2 Å². The Morgan fingerprint density at radius 2 is 1.52 bits per heavy atom. The Morgan fingerprint density at radius 3 is 1.94 bits per heavy atom. The second kappa shape index (κ2) is 9.26. The molecule has 9 heteroatoms. The second-order valence-electron chi connectivity index (χ2n) is 6.84. The highest BCUT2D eigenvalue weighted by Crippen LogP contribution is 2.23. The average molecular weight is 421 g/mol. The SMILES string of the molecule is C=CC(=O)N1C/C(=C\c2ccc([N+](=O)[O-])cc2)C(=O)/C(=C/c2ccc([NH+]([O-])O)cc2)C1. The zero-order valence-corrected chi connectivity index (χ0v) is 16.4. The molecule has 1 fully saturated rings. The molecule has 1 heterocycles. The maximum atomic E-state index is 13.0. The smallest absolute Gasteiger partial charge is 0.269 e. The van der Waals surface area contributed by atoms with E-state index in [-0.39, 0.29) is 36.2 Å². The van der Waals surface area contributed by atoms with Gasteiger partial charge >= 0.3 is 0 Å². The molecule has 0 spiro atoms. The number of carbonyl (C=O) groups is 2. The lowest BCUT2D eigenvalue weighted by molar-refractivity contribution is -0.991. The van der Waals surface area contributed by atoms with Crippen LogP contribution in [0.15, 0.2) is 72.3 Å². The maximum Gasteiger partial charge on any atom is 0.269 e. The van der Waals surface area contributed by atoms with Crippen molar-refractivity contribution < 1.29 is 24.9 Å². The molecule has 158 valence electrons. The number of Topliss-reactive ketones (excluding diaryl/α,β-unsaturated/α-hetero) is 1. The molecule has 1 aliphatic heterocycles. The lowest BCUT2D eigenvalue weighted by Crippen LogP contribution is -2.99. The third kappa shape index (κ3) is 5.17. The van der Waals surface area contributed by atoms with E-state index in [2.05, 4.69) is 6.58 Å². The van der Waals surface area contributed by atoms with Crippen molar-refractivity contribution in [3.63, 3.8) is 0 Å². The third-order valence-electron chi connectivity index (χ3n) is 4.74. The monoisotopic (exact) mass is 421 g/mol. The summed E-state index contributed by atoms with van der Waals surface area (Å²) < 4.78 is 0. The maximum absolute atomic E-state index is 13.0. The van der Waals surface area contributed by atoms with Crippen LogP contribution in [0.3, 0.4) is 0 Å². The van der Waals surface area contributed by atoms with Crippen molar-refractivity contribution in [2.24, 2.45) is 0 Å². The number of hydrogen-bond donors (Lipinski definition) is 2. The van der Waals surface area contributed by atoms with E-state index in [1.54, 1.807) is 24.3 Å². The van der Waals surface area contributed by atoms with E-state index in [0.29, 0.717) is 22.3 Å². The number of rotatable bonds is 5. The fourth-order valence-electron chi connectivity index (χ4n) is 3.14. The molecule has 9 nitrogen and oxygen atoms in total. The van der Waals surface area contributed by atoms with Crippen molar-refractivity contribution in [1.82, 2.24) is 4.90 Å². The van der Waals surface area contributed by atoms with Crippen molar-refractivity contribution in [2.75, 3.05) is 13.1 Å². The van der Waals surface area contributed by atoms with E-state index >= 15 is 0 Å². The van der Waals surface area contributed by atoms with E-state index in [9.17, 15) is 24.9 Å². The molecule has 1 aliphatic rings. The number of hydrogen-bond acceptors (Lipinski definition) is 6. The number of likely N-dealkylation sites (tertiary alicyclic amines) is 1. The van der Waals surface area contributed by atoms with E-state index in [1.165, 1.54) is 47.4 Å². The highest BCUT2D eigenvalue weighted by atomic mass is 16.8. The topological polar surface area (TPSA) is 128 Å². The molecule has 31 heavy (non-hydrogen) atoms. The van der Waals surface area contributed by atoms with Crippen LogP contribution in [0.2, 0.25) is 0 Å². The van der Waals surface area contributed by atoms with Crippen molar-refractivity contribution in [3.8, 4) is 0 Å². The minimum absolute atomic E-state index is 0.0639. The Balaban J connectivity index is 1.95. The molecule has 1 saturated heterocycles. The van der Waals surface area contributed by atoms with Crippen molar-refractivity contribution in [1.29, 1.82) is 0 Å². The van der Waals surface area contributed by atoms with Crippen LogP contribution in [-0.4, -0.2) is 39.8 Å². The molecule has 2 aromatic carbocycles. The van der Waals surface area contributed by atoms with Gasteiger partial charge in [-0.3, -0.25) is 19.7 Å². The molecular weight excluding hydrogens is 402 g/mol.